The predicted molar refractivity (Wildman–Crippen MR) is 79.0 cm³/mol. The Morgan fingerprint density at radius 3 is 2.31 bits per heavy atom. The summed E-state index contributed by atoms with van der Waals surface area (Å²) in [6, 6.07) is 10.6. The number of nitrogens with two attached hydrogens (primary N) is 1. The molecule has 2 N–H and O–H groups in total. The Morgan fingerprint density at radius 1 is 1.19 bits per heavy atom. The average molecular weight is 343 g/mol. The molecule has 0 saturated heterocycles. The first-order chi connectivity index (χ1) is 7.58. The lowest BCUT2D eigenvalue weighted by atomic mass is 10.0. The van der Waals surface area contributed by atoms with E-state index in [9.17, 15) is 0 Å². The van der Waals surface area contributed by atoms with Crippen LogP contribution in [0.5, 0.6) is 0 Å². The summed E-state index contributed by atoms with van der Waals surface area (Å²) in [5.41, 5.74) is 8.72. The molecular formula is C13H14INS. The van der Waals surface area contributed by atoms with Crippen molar-refractivity contribution in [3.05, 3.63) is 54.8 Å². The third kappa shape index (κ3) is 2.47. The normalized spacial score (nSPS) is 12.8. The summed E-state index contributed by atoms with van der Waals surface area (Å²) in [5.74, 6) is 0. The average Bonchev–Trinajstić information content (AvgIpc) is 2.58. The second-order valence-corrected chi connectivity index (χ2v) is 6.60. The maximum Gasteiger partial charge on any atom is 0.0562 e. The van der Waals surface area contributed by atoms with E-state index < -0.39 is 0 Å². The molecule has 3 heteroatoms. The fourth-order valence-corrected chi connectivity index (χ4v) is 3.14. The van der Waals surface area contributed by atoms with Gasteiger partial charge in [0.15, 0.2) is 0 Å². The highest BCUT2D eigenvalue weighted by Crippen LogP contribution is 2.29. The molecule has 1 heterocycles. The van der Waals surface area contributed by atoms with Crippen LogP contribution in [0.2, 0.25) is 0 Å². The van der Waals surface area contributed by atoms with Gasteiger partial charge in [-0.25, -0.2) is 0 Å². The third-order valence-electron chi connectivity index (χ3n) is 2.64. The molecule has 0 aliphatic carbocycles. The second-order valence-electron chi connectivity index (χ2n) is 3.90. The van der Waals surface area contributed by atoms with E-state index in [1.807, 2.05) is 11.3 Å². The van der Waals surface area contributed by atoms with Gasteiger partial charge in [0, 0.05) is 13.3 Å². The number of aryl methyl sites for hydroxylation is 2. The van der Waals surface area contributed by atoms with E-state index in [4.69, 9.17) is 5.73 Å². The van der Waals surface area contributed by atoms with Crippen molar-refractivity contribution in [2.24, 2.45) is 5.73 Å². The van der Waals surface area contributed by atoms with E-state index in [2.05, 4.69) is 66.8 Å². The summed E-state index contributed by atoms with van der Waals surface area (Å²) in [6.07, 6.45) is 0. The Bertz CT molecular complexity index is 487. The van der Waals surface area contributed by atoms with Gasteiger partial charge in [-0.3, -0.25) is 0 Å². The molecule has 0 aliphatic heterocycles. The lowest BCUT2D eigenvalue weighted by molar-refractivity contribution is 0.868. The monoisotopic (exact) mass is 343 g/mol. The first-order valence-electron chi connectivity index (χ1n) is 5.16. The zero-order valence-corrected chi connectivity index (χ0v) is 12.3. The van der Waals surface area contributed by atoms with Gasteiger partial charge in [-0.05, 0) is 65.8 Å². The molecule has 1 unspecified atom stereocenters. The topological polar surface area (TPSA) is 26.0 Å². The van der Waals surface area contributed by atoms with Crippen LogP contribution in [-0.4, -0.2) is 0 Å². The van der Waals surface area contributed by atoms with Crippen LogP contribution in [0, 0.1) is 17.4 Å². The zero-order chi connectivity index (χ0) is 11.7. The highest BCUT2D eigenvalue weighted by molar-refractivity contribution is 14.1. The molecule has 16 heavy (non-hydrogen) atoms. The first-order valence-corrected chi connectivity index (χ1v) is 7.05. The molecule has 0 spiro atoms. The minimum Gasteiger partial charge on any atom is -0.320 e. The van der Waals surface area contributed by atoms with Crippen LogP contribution in [0.4, 0.5) is 0 Å². The Balaban J connectivity index is 2.35. The molecule has 0 amide bonds. The van der Waals surface area contributed by atoms with E-state index >= 15 is 0 Å². The fraction of sp³-hybridized carbons (Fsp3) is 0.231. The van der Waals surface area contributed by atoms with Gasteiger partial charge in [0.05, 0.1) is 6.04 Å². The summed E-state index contributed by atoms with van der Waals surface area (Å²) in [7, 11) is 0. The molecule has 0 bridgehead atoms. The Hall–Kier alpha value is -0.390. The Morgan fingerprint density at radius 2 is 1.81 bits per heavy atom. The predicted octanol–water partition coefficient (Wildman–Crippen LogP) is 4.02. The van der Waals surface area contributed by atoms with Gasteiger partial charge in [-0.2, -0.15) is 0 Å². The van der Waals surface area contributed by atoms with E-state index in [0.717, 1.165) is 0 Å². The molecule has 0 saturated carbocycles. The molecule has 0 radical (unpaired) electrons. The van der Waals surface area contributed by atoms with Crippen molar-refractivity contribution in [1.82, 2.24) is 0 Å². The van der Waals surface area contributed by atoms with E-state index in [0.29, 0.717) is 0 Å². The molecular weight excluding hydrogens is 329 g/mol. The molecule has 84 valence electrons. The highest BCUT2D eigenvalue weighted by Gasteiger charge is 2.13. The highest BCUT2D eigenvalue weighted by atomic mass is 127. The number of hydrogen-bond donors (Lipinski definition) is 1. The minimum absolute atomic E-state index is 0.00181. The van der Waals surface area contributed by atoms with Crippen LogP contribution >= 0.6 is 33.9 Å². The van der Waals surface area contributed by atoms with Gasteiger partial charge in [0.25, 0.3) is 0 Å². The van der Waals surface area contributed by atoms with Gasteiger partial charge < -0.3 is 5.73 Å². The summed E-state index contributed by atoms with van der Waals surface area (Å²) in [6.45, 7) is 4.27. The first kappa shape index (κ1) is 12.1. The number of benzene rings is 1. The quantitative estimate of drug-likeness (QED) is 0.819. The molecule has 2 aromatic rings. The van der Waals surface area contributed by atoms with Crippen molar-refractivity contribution in [3.8, 4) is 0 Å². The van der Waals surface area contributed by atoms with E-state index in [-0.39, 0.29) is 6.04 Å². The van der Waals surface area contributed by atoms with Crippen LogP contribution in [0.1, 0.15) is 26.9 Å². The molecule has 0 aliphatic rings. The number of rotatable bonds is 2. The Labute approximate surface area is 114 Å². The van der Waals surface area contributed by atoms with Crippen molar-refractivity contribution in [1.29, 1.82) is 0 Å². The standard InChI is InChI=1S/C13H14INS/c1-8-7-12(9(2)16-8)13(15)10-3-5-11(14)6-4-10/h3-7,13H,15H2,1-2H3. The van der Waals surface area contributed by atoms with Crippen LogP contribution in [0.15, 0.2) is 30.3 Å². The lowest BCUT2D eigenvalue weighted by Crippen LogP contribution is -2.11. The zero-order valence-electron chi connectivity index (χ0n) is 9.33. The maximum atomic E-state index is 6.28. The number of halogens is 1. The molecule has 0 fully saturated rings. The van der Waals surface area contributed by atoms with E-state index in [1.54, 1.807) is 0 Å². The van der Waals surface area contributed by atoms with Crippen molar-refractivity contribution in [3.63, 3.8) is 0 Å². The van der Waals surface area contributed by atoms with Gasteiger partial charge in [-0.15, -0.1) is 11.3 Å². The number of hydrogen-bond acceptors (Lipinski definition) is 2. The van der Waals surface area contributed by atoms with Crippen molar-refractivity contribution >= 4 is 33.9 Å². The third-order valence-corrected chi connectivity index (χ3v) is 4.34. The largest absolute Gasteiger partial charge is 0.320 e. The summed E-state index contributed by atoms with van der Waals surface area (Å²) in [5, 5.41) is 0. The summed E-state index contributed by atoms with van der Waals surface area (Å²) in [4.78, 5) is 2.65. The molecule has 2 rings (SSSR count). The summed E-state index contributed by atoms with van der Waals surface area (Å²) < 4.78 is 1.24. The van der Waals surface area contributed by atoms with Crippen molar-refractivity contribution in [2.45, 2.75) is 19.9 Å². The minimum atomic E-state index is 0.00181. The van der Waals surface area contributed by atoms with Crippen LogP contribution in [0.3, 0.4) is 0 Å². The fourth-order valence-electron chi connectivity index (χ4n) is 1.81. The number of thiophene rings is 1. The van der Waals surface area contributed by atoms with Crippen molar-refractivity contribution < 1.29 is 0 Å². The molecule has 1 aromatic carbocycles. The van der Waals surface area contributed by atoms with Crippen LogP contribution in [-0.2, 0) is 0 Å². The van der Waals surface area contributed by atoms with Gasteiger partial charge in [-0.1, -0.05) is 12.1 Å². The van der Waals surface area contributed by atoms with Crippen LogP contribution < -0.4 is 5.73 Å². The smallest absolute Gasteiger partial charge is 0.0562 e. The van der Waals surface area contributed by atoms with Gasteiger partial charge in [0.2, 0.25) is 0 Å². The van der Waals surface area contributed by atoms with E-state index in [1.165, 1.54) is 24.5 Å². The summed E-state index contributed by atoms with van der Waals surface area (Å²) >= 11 is 4.12. The molecule has 1 aromatic heterocycles. The lowest BCUT2D eigenvalue weighted by Gasteiger charge is -2.12. The van der Waals surface area contributed by atoms with Crippen molar-refractivity contribution in [2.75, 3.05) is 0 Å². The van der Waals surface area contributed by atoms with Gasteiger partial charge in [0.1, 0.15) is 0 Å². The molecule has 1 atom stereocenters. The molecule has 1 nitrogen and oxygen atoms in total. The van der Waals surface area contributed by atoms with Gasteiger partial charge >= 0.3 is 0 Å². The maximum absolute atomic E-state index is 6.28. The SMILES string of the molecule is Cc1cc(C(N)c2ccc(I)cc2)c(C)s1. The Kier molecular flexibility index (Phi) is 3.66. The second kappa shape index (κ2) is 4.85. The van der Waals surface area contributed by atoms with Crippen LogP contribution in [0.25, 0.3) is 0 Å².